The number of amides is 2. The molecule has 0 radical (unpaired) electrons. The maximum absolute atomic E-state index is 13.0. The van der Waals surface area contributed by atoms with Crippen LogP contribution in [-0.4, -0.2) is 46.9 Å². The molecule has 0 unspecified atom stereocenters. The minimum absolute atomic E-state index is 0.0229. The van der Waals surface area contributed by atoms with Gasteiger partial charge in [0.2, 0.25) is 0 Å². The smallest absolute Gasteiger partial charge is 0.297 e. The Labute approximate surface area is 211 Å². The first-order valence-corrected chi connectivity index (χ1v) is 13.3. The summed E-state index contributed by atoms with van der Waals surface area (Å²) in [4.78, 5) is 24.3. The molecule has 4 aromatic rings. The summed E-state index contributed by atoms with van der Waals surface area (Å²) in [6.07, 6.45) is 3.02. The van der Waals surface area contributed by atoms with Crippen LogP contribution in [0.15, 0.2) is 64.6 Å². The molecular formula is C22H21N5O8S2. The number of nitrogen functional groups attached to an aromatic ring is 1. The lowest BCUT2D eigenvalue weighted by molar-refractivity contribution is 0.101. The lowest BCUT2D eigenvalue weighted by Crippen LogP contribution is -2.17. The molecule has 37 heavy (non-hydrogen) atoms. The van der Waals surface area contributed by atoms with Gasteiger partial charge in [0, 0.05) is 37.3 Å². The first kappa shape index (κ1) is 25.9. The molecule has 2 heterocycles. The lowest BCUT2D eigenvalue weighted by atomic mass is 10.1. The van der Waals surface area contributed by atoms with Crippen molar-refractivity contribution in [1.29, 1.82) is 0 Å². The molecule has 0 atom stereocenters. The summed E-state index contributed by atoms with van der Waals surface area (Å²) < 4.78 is 70.2. The monoisotopic (exact) mass is 547 g/mol. The van der Waals surface area contributed by atoms with Crippen LogP contribution in [0.5, 0.6) is 0 Å². The molecule has 2 amide bonds. The molecule has 4 rings (SSSR count). The van der Waals surface area contributed by atoms with Crippen molar-refractivity contribution in [3.8, 4) is 0 Å². The van der Waals surface area contributed by atoms with Crippen LogP contribution in [0, 0.1) is 0 Å². The molecule has 194 valence electrons. The Bertz CT molecular complexity index is 1800. The van der Waals surface area contributed by atoms with Crippen molar-refractivity contribution >= 4 is 59.9 Å². The van der Waals surface area contributed by atoms with Gasteiger partial charge in [0.15, 0.2) is 0 Å². The first-order valence-electron chi connectivity index (χ1n) is 10.4. The second kappa shape index (κ2) is 9.04. The Morgan fingerprint density at radius 3 is 2.03 bits per heavy atom. The van der Waals surface area contributed by atoms with Gasteiger partial charge >= 0.3 is 0 Å². The number of hydrogen-bond donors (Lipinski definition) is 5. The summed E-state index contributed by atoms with van der Waals surface area (Å²) in [5.74, 6) is -1.27. The lowest BCUT2D eigenvalue weighted by Gasteiger charge is -2.13. The van der Waals surface area contributed by atoms with E-state index in [0.717, 1.165) is 12.1 Å². The molecular weight excluding hydrogens is 526 g/mol. The van der Waals surface area contributed by atoms with Crippen LogP contribution in [-0.2, 0) is 34.3 Å². The zero-order valence-electron chi connectivity index (χ0n) is 19.3. The van der Waals surface area contributed by atoms with Crippen LogP contribution in [0.1, 0.15) is 21.0 Å². The highest BCUT2D eigenvalue weighted by atomic mass is 32.2. The van der Waals surface area contributed by atoms with Gasteiger partial charge in [-0.05, 0) is 24.3 Å². The predicted molar refractivity (Wildman–Crippen MR) is 135 cm³/mol. The zero-order valence-corrected chi connectivity index (χ0v) is 21.0. The first-order chi connectivity index (χ1) is 17.2. The fourth-order valence-corrected chi connectivity index (χ4v) is 5.52. The van der Waals surface area contributed by atoms with E-state index < -0.39 is 41.8 Å². The Kier molecular flexibility index (Phi) is 6.33. The molecule has 2 aromatic heterocycles. The normalized spacial score (nSPS) is 12.0. The number of fused-ring (bicyclic) bond motifs is 1. The Morgan fingerprint density at radius 1 is 0.811 bits per heavy atom. The van der Waals surface area contributed by atoms with Gasteiger partial charge in [0.25, 0.3) is 32.1 Å². The molecule has 0 aliphatic carbocycles. The second-order valence-corrected chi connectivity index (χ2v) is 10.9. The molecule has 15 heteroatoms. The molecule has 0 fully saturated rings. The van der Waals surface area contributed by atoms with Gasteiger partial charge in [0.05, 0.1) is 17.1 Å². The van der Waals surface area contributed by atoms with Gasteiger partial charge in [-0.1, -0.05) is 18.2 Å². The fraction of sp³-hybridized carbons (Fsp3) is 0.0909. The molecule has 13 nitrogen and oxygen atoms in total. The van der Waals surface area contributed by atoms with Crippen molar-refractivity contribution in [2.45, 2.75) is 9.79 Å². The highest BCUT2D eigenvalue weighted by molar-refractivity contribution is 7.86. The quantitative estimate of drug-likeness (QED) is 0.224. The average molecular weight is 548 g/mol. The van der Waals surface area contributed by atoms with E-state index in [9.17, 15) is 35.5 Å². The number of carbonyl (C=O) groups is 2. The molecule has 2 aromatic carbocycles. The van der Waals surface area contributed by atoms with Crippen LogP contribution >= 0.6 is 0 Å². The van der Waals surface area contributed by atoms with E-state index in [1.807, 2.05) is 0 Å². The topological polar surface area (TPSA) is 203 Å². The number of rotatable bonds is 6. The van der Waals surface area contributed by atoms with E-state index in [1.54, 1.807) is 13.2 Å². The zero-order chi connectivity index (χ0) is 27.3. The summed E-state index contributed by atoms with van der Waals surface area (Å²) in [6.45, 7) is 0. The van der Waals surface area contributed by atoms with Crippen molar-refractivity contribution < 1.29 is 35.5 Å². The molecule has 6 N–H and O–H groups in total. The van der Waals surface area contributed by atoms with Gasteiger partial charge in [-0.2, -0.15) is 16.8 Å². The van der Waals surface area contributed by atoms with Crippen LogP contribution in [0.4, 0.5) is 17.1 Å². The third-order valence-corrected chi connectivity index (χ3v) is 7.38. The number of benzene rings is 2. The average Bonchev–Trinajstić information content (AvgIpc) is 3.31. The van der Waals surface area contributed by atoms with Crippen molar-refractivity contribution in [3.63, 3.8) is 0 Å². The predicted octanol–water partition coefficient (Wildman–Crippen LogP) is 2.10. The Hall–Kier alpha value is -4.18. The second-order valence-electron chi connectivity index (χ2n) is 8.15. The summed E-state index contributed by atoms with van der Waals surface area (Å²) in [7, 11) is -6.52. The molecule has 0 saturated carbocycles. The third-order valence-electron chi connectivity index (χ3n) is 5.51. The van der Waals surface area contributed by atoms with Crippen LogP contribution in [0.2, 0.25) is 0 Å². The summed E-state index contributed by atoms with van der Waals surface area (Å²) in [5.41, 5.74) is 6.33. The maximum atomic E-state index is 13.0. The Balaban J connectivity index is 1.69. The number of nitrogens with two attached hydrogens (primary N) is 1. The van der Waals surface area contributed by atoms with E-state index in [-0.39, 0.29) is 33.5 Å². The van der Waals surface area contributed by atoms with Gasteiger partial charge in [-0.25, -0.2) is 0 Å². The standard InChI is InChI=1S/C22H21N5O8S2/c1-26-10-12(23)8-17(26)21(28)24-13-9-18(27(2)11-13)22(29)25-16-7-6-14-15(20(16)37(33,34)35)4-3-5-19(14)36(30,31)32/h3-11H,23H2,1-2H3,(H,24,28)(H,25,29)(H,30,31,32)(H,33,34,35). The highest BCUT2D eigenvalue weighted by Crippen LogP contribution is 2.34. The van der Waals surface area contributed by atoms with Crippen LogP contribution < -0.4 is 16.4 Å². The van der Waals surface area contributed by atoms with E-state index in [1.165, 1.54) is 52.7 Å². The number of carbonyl (C=O) groups excluding carboxylic acids is 2. The molecule has 0 aliphatic rings. The van der Waals surface area contributed by atoms with Crippen molar-refractivity contribution in [2.24, 2.45) is 14.1 Å². The summed E-state index contributed by atoms with van der Waals surface area (Å²) in [5, 5.41) is 4.61. The van der Waals surface area contributed by atoms with E-state index in [0.29, 0.717) is 5.69 Å². The molecule has 0 saturated heterocycles. The van der Waals surface area contributed by atoms with E-state index >= 15 is 0 Å². The minimum Gasteiger partial charge on any atom is -0.397 e. The van der Waals surface area contributed by atoms with Crippen LogP contribution in [0.25, 0.3) is 10.8 Å². The maximum Gasteiger partial charge on any atom is 0.297 e. The van der Waals surface area contributed by atoms with Gasteiger partial charge in [-0.3, -0.25) is 18.7 Å². The van der Waals surface area contributed by atoms with Crippen molar-refractivity contribution in [3.05, 3.63) is 66.2 Å². The van der Waals surface area contributed by atoms with E-state index in [2.05, 4.69) is 10.6 Å². The molecule has 0 bridgehead atoms. The van der Waals surface area contributed by atoms with Crippen molar-refractivity contribution in [2.75, 3.05) is 16.4 Å². The number of anilines is 3. The molecule has 0 spiro atoms. The minimum atomic E-state index is -4.97. The number of nitrogens with one attached hydrogen (secondary N) is 2. The van der Waals surface area contributed by atoms with Crippen LogP contribution in [0.3, 0.4) is 0 Å². The largest absolute Gasteiger partial charge is 0.397 e. The summed E-state index contributed by atoms with van der Waals surface area (Å²) in [6, 6.07) is 8.56. The van der Waals surface area contributed by atoms with E-state index in [4.69, 9.17) is 5.73 Å². The fourth-order valence-electron chi connectivity index (χ4n) is 3.96. The van der Waals surface area contributed by atoms with Gasteiger partial charge in [0.1, 0.15) is 21.2 Å². The van der Waals surface area contributed by atoms with Gasteiger partial charge in [-0.15, -0.1) is 0 Å². The van der Waals surface area contributed by atoms with Crippen molar-refractivity contribution in [1.82, 2.24) is 9.13 Å². The highest BCUT2D eigenvalue weighted by Gasteiger charge is 2.25. The third kappa shape index (κ3) is 5.05. The number of aryl methyl sites for hydroxylation is 2. The number of nitrogens with zero attached hydrogens (tertiary/aromatic N) is 2. The van der Waals surface area contributed by atoms with Gasteiger partial charge < -0.3 is 25.5 Å². The Morgan fingerprint density at radius 2 is 1.43 bits per heavy atom. The molecule has 0 aliphatic heterocycles. The number of hydrogen-bond acceptors (Lipinski definition) is 7. The number of aromatic nitrogens is 2. The SMILES string of the molecule is Cn1cc(N)cc1C(=O)Nc1cc(C(=O)Nc2ccc3c(S(=O)(=O)O)cccc3c2S(=O)(=O)O)n(C)c1. The summed E-state index contributed by atoms with van der Waals surface area (Å²) >= 11 is 0.